The van der Waals surface area contributed by atoms with E-state index in [1.54, 1.807) is 17.6 Å². The van der Waals surface area contributed by atoms with Gasteiger partial charge in [-0.15, -0.1) is 11.3 Å². The Hall–Kier alpha value is -0.290. The zero-order valence-corrected chi connectivity index (χ0v) is 15.3. The second kappa shape index (κ2) is 7.32. The molecule has 1 aromatic carbocycles. The minimum absolute atomic E-state index is 0.314. The smallest absolute Gasteiger partial charge is 0.0738 e. The van der Waals surface area contributed by atoms with E-state index in [1.807, 2.05) is 23.1 Å². The second-order valence-electron chi connectivity index (χ2n) is 5.25. The number of aryl methyl sites for hydroxylation is 1. The fraction of sp³-hybridized carbons (Fsp3) is 0.412. The van der Waals surface area contributed by atoms with Gasteiger partial charge in [-0.25, -0.2) is 0 Å². The van der Waals surface area contributed by atoms with Crippen LogP contribution in [0.15, 0.2) is 30.3 Å². The van der Waals surface area contributed by atoms with Gasteiger partial charge < -0.3 is 4.74 Å². The molecule has 1 unspecified atom stereocenters. The molecule has 1 aromatic heterocycles. The van der Waals surface area contributed by atoms with E-state index in [0.717, 1.165) is 13.0 Å². The van der Waals surface area contributed by atoms with Gasteiger partial charge in [0.05, 0.1) is 11.4 Å². The average molecular weight is 383 g/mol. The Morgan fingerprint density at radius 1 is 1.29 bits per heavy atom. The first-order valence-corrected chi connectivity index (χ1v) is 10.1. The molecule has 21 heavy (non-hydrogen) atoms. The van der Waals surface area contributed by atoms with Gasteiger partial charge in [-0.3, -0.25) is 0 Å². The zero-order chi connectivity index (χ0) is 14.7. The summed E-state index contributed by atoms with van der Waals surface area (Å²) in [7, 11) is 1.75. The average Bonchev–Trinajstić information content (AvgIpc) is 2.96. The van der Waals surface area contributed by atoms with Crippen LogP contribution in [0.4, 0.5) is 0 Å². The first-order chi connectivity index (χ1) is 10.3. The third-order valence-electron chi connectivity index (χ3n) is 3.76. The molecule has 0 radical (unpaired) electrons. The number of hydrogen-bond acceptors (Lipinski definition) is 3. The fourth-order valence-corrected chi connectivity index (χ4v) is 5.63. The first-order valence-electron chi connectivity index (χ1n) is 7.19. The summed E-state index contributed by atoms with van der Waals surface area (Å²) in [4.78, 5) is 3.34. The third kappa shape index (κ3) is 3.73. The first kappa shape index (κ1) is 15.6. The minimum atomic E-state index is 0.314. The summed E-state index contributed by atoms with van der Waals surface area (Å²) in [6.45, 7) is 0.784. The van der Waals surface area contributed by atoms with Crippen LogP contribution in [0.2, 0.25) is 0 Å². The van der Waals surface area contributed by atoms with Crippen molar-refractivity contribution in [1.29, 1.82) is 0 Å². The largest absolute Gasteiger partial charge is 0.384 e. The SMILES string of the molecule is COCCc1ccc(C(Br)c2cc3c(s2)CCSC3)cc1. The van der Waals surface area contributed by atoms with Crippen molar-refractivity contribution in [2.45, 2.75) is 23.4 Å². The number of ether oxygens (including phenoxy) is 1. The van der Waals surface area contributed by atoms with Crippen molar-refractivity contribution < 1.29 is 4.74 Å². The Morgan fingerprint density at radius 2 is 2.10 bits per heavy atom. The quantitative estimate of drug-likeness (QED) is 0.656. The zero-order valence-electron chi connectivity index (χ0n) is 12.1. The molecule has 1 aliphatic heterocycles. The lowest BCUT2D eigenvalue weighted by molar-refractivity contribution is 0.202. The Morgan fingerprint density at radius 3 is 2.81 bits per heavy atom. The van der Waals surface area contributed by atoms with E-state index >= 15 is 0 Å². The number of thioether (sulfide) groups is 1. The molecule has 0 bridgehead atoms. The van der Waals surface area contributed by atoms with Crippen LogP contribution in [-0.2, 0) is 23.3 Å². The molecule has 0 spiro atoms. The van der Waals surface area contributed by atoms with Gasteiger partial charge in [-0.2, -0.15) is 11.8 Å². The molecule has 2 heterocycles. The maximum Gasteiger partial charge on any atom is 0.0738 e. The fourth-order valence-electron chi connectivity index (χ4n) is 2.53. The summed E-state index contributed by atoms with van der Waals surface area (Å²) in [5.74, 6) is 2.45. The third-order valence-corrected chi connectivity index (χ3v) is 7.40. The molecular formula is C17H19BrOS2. The van der Waals surface area contributed by atoms with Gasteiger partial charge in [-0.05, 0) is 41.4 Å². The van der Waals surface area contributed by atoms with E-state index < -0.39 is 0 Å². The second-order valence-corrected chi connectivity index (χ2v) is 8.44. The monoisotopic (exact) mass is 382 g/mol. The van der Waals surface area contributed by atoms with E-state index in [2.05, 4.69) is 46.3 Å². The molecule has 0 N–H and O–H groups in total. The Bertz CT molecular complexity index is 568. The van der Waals surface area contributed by atoms with Crippen molar-refractivity contribution in [3.63, 3.8) is 0 Å². The normalized spacial score (nSPS) is 15.7. The highest BCUT2D eigenvalue weighted by atomic mass is 79.9. The summed E-state index contributed by atoms with van der Waals surface area (Å²) in [6.07, 6.45) is 2.22. The number of fused-ring (bicyclic) bond motifs is 1. The molecule has 4 heteroatoms. The molecule has 0 amide bonds. The van der Waals surface area contributed by atoms with Crippen molar-refractivity contribution in [1.82, 2.24) is 0 Å². The van der Waals surface area contributed by atoms with Crippen LogP contribution in [0.3, 0.4) is 0 Å². The molecule has 1 atom stereocenters. The van der Waals surface area contributed by atoms with Gasteiger partial charge >= 0.3 is 0 Å². The van der Waals surface area contributed by atoms with Crippen LogP contribution in [-0.4, -0.2) is 19.5 Å². The van der Waals surface area contributed by atoms with Gasteiger partial charge in [0.25, 0.3) is 0 Å². The molecule has 3 rings (SSSR count). The highest BCUT2D eigenvalue weighted by Gasteiger charge is 2.18. The van der Waals surface area contributed by atoms with E-state index in [9.17, 15) is 0 Å². The Balaban J connectivity index is 1.75. The topological polar surface area (TPSA) is 9.23 Å². The van der Waals surface area contributed by atoms with Crippen LogP contribution >= 0.6 is 39.0 Å². The van der Waals surface area contributed by atoms with E-state index in [4.69, 9.17) is 4.74 Å². The van der Waals surface area contributed by atoms with Crippen molar-refractivity contribution in [3.8, 4) is 0 Å². The summed E-state index contributed by atoms with van der Waals surface area (Å²) in [5.41, 5.74) is 4.22. The summed E-state index contributed by atoms with van der Waals surface area (Å²) >= 11 is 7.90. The van der Waals surface area contributed by atoms with Gasteiger partial charge in [0.1, 0.15) is 0 Å². The predicted octanol–water partition coefficient (Wildman–Crippen LogP) is 5.21. The Labute approximate surface area is 143 Å². The minimum Gasteiger partial charge on any atom is -0.384 e. The van der Waals surface area contributed by atoms with Gasteiger partial charge in [-0.1, -0.05) is 40.2 Å². The molecule has 1 nitrogen and oxygen atoms in total. The van der Waals surface area contributed by atoms with Crippen molar-refractivity contribution in [2.24, 2.45) is 0 Å². The van der Waals surface area contributed by atoms with Crippen LogP contribution in [0.1, 0.15) is 31.3 Å². The van der Waals surface area contributed by atoms with Crippen LogP contribution in [0.5, 0.6) is 0 Å². The number of benzene rings is 1. The molecule has 2 aromatic rings. The molecular weight excluding hydrogens is 364 g/mol. The van der Waals surface area contributed by atoms with Crippen molar-refractivity contribution >= 4 is 39.0 Å². The Kier molecular flexibility index (Phi) is 5.43. The van der Waals surface area contributed by atoms with E-state index in [0.29, 0.717) is 4.83 Å². The number of thiophene rings is 1. The molecule has 0 saturated heterocycles. The number of hydrogen-bond donors (Lipinski definition) is 0. The van der Waals surface area contributed by atoms with E-state index in [1.165, 1.54) is 33.9 Å². The highest BCUT2D eigenvalue weighted by Crippen LogP contribution is 2.40. The number of alkyl halides is 1. The van der Waals surface area contributed by atoms with Crippen molar-refractivity contribution in [2.75, 3.05) is 19.5 Å². The summed E-state index contributed by atoms with van der Waals surface area (Å²) in [6, 6.07) is 11.3. The number of methoxy groups -OCH3 is 1. The molecule has 0 aliphatic carbocycles. The maximum absolute atomic E-state index is 5.13. The van der Waals surface area contributed by atoms with Crippen molar-refractivity contribution in [3.05, 3.63) is 56.8 Å². The summed E-state index contributed by atoms with van der Waals surface area (Å²) < 4.78 is 5.13. The standard InChI is InChI=1S/C17H19BrOS2/c1-19-8-6-12-2-4-13(5-3-12)17(18)16-10-14-11-20-9-7-15(14)21-16/h2-5,10,17H,6-9,11H2,1H3. The van der Waals surface area contributed by atoms with Gasteiger partial charge in [0.15, 0.2) is 0 Å². The number of rotatable bonds is 5. The van der Waals surface area contributed by atoms with Gasteiger partial charge in [0.2, 0.25) is 0 Å². The number of halogens is 1. The molecule has 1 aliphatic rings. The van der Waals surface area contributed by atoms with Crippen LogP contribution < -0.4 is 0 Å². The van der Waals surface area contributed by atoms with E-state index in [-0.39, 0.29) is 0 Å². The highest BCUT2D eigenvalue weighted by molar-refractivity contribution is 9.09. The maximum atomic E-state index is 5.13. The van der Waals surface area contributed by atoms with Crippen LogP contribution in [0.25, 0.3) is 0 Å². The summed E-state index contributed by atoms with van der Waals surface area (Å²) in [5, 5.41) is 0. The lowest BCUT2D eigenvalue weighted by atomic mass is 10.1. The van der Waals surface area contributed by atoms with Crippen LogP contribution in [0, 0.1) is 0 Å². The molecule has 112 valence electrons. The lowest BCUT2D eigenvalue weighted by Crippen LogP contribution is -1.96. The van der Waals surface area contributed by atoms with Gasteiger partial charge in [0, 0.05) is 22.6 Å². The molecule has 0 saturated carbocycles. The lowest BCUT2D eigenvalue weighted by Gasteiger charge is -2.09. The predicted molar refractivity (Wildman–Crippen MR) is 97.0 cm³/mol. The molecule has 0 fully saturated rings.